The number of rotatable bonds is 3. The van der Waals surface area contributed by atoms with Crippen LogP contribution in [0.4, 0.5) is 4.39 Å². The van der Waals surface area contributed by atoms with Crippen molar-refractivity contribution in [3.63, 3.8) is 0 Å². The first-order valence-electron chi connectivity index (χ1n) is 6.94. The molecule has 0 amide bonds. The van der Waals surface area contributed by atoms with Crippen LogP contribution in [0.3, 0.4) is 0 Å². The molecule has 3 rings (SSSR count). The highest BCUT2D eigenvalue weighted by molar-refractivity contribution is 6.30. The molecule has 1 nitrogen and oxygen atoms in total. The normalized spacial score (nSPS) is 15.2. The van der Waals surface area contributed by atoms with Crippen LogP contribution < -0.4 is 5.73 Å². The van der Waals surface area contributed by atoms with Crippen LogP contribution in [0.15, 0.2) is 36.4 Å². The van der Waals surface area contributed by atoms with Crippen molar-refractivity contribution in [1.82, 2.24) is 0 Å². The zero-order chi connectivity index (χ0) is 14.1. The zero-order valence-corrected chi connectivity index (χ0v) is 12.0. The van der Waals surface area contributed by atoms with E-state index in [1.807, 2.05) is 6.07 Å². The molecule has 2 N–H and O–H groups in total. The molecule has 0 spiro atoms. The fourth-order valence-corrected chi connectivity index (χ4v) is 2.98. The average molecular weight is 290 g/mol. The van der Waals surface area contributed by atoms with Gasteiger partial charge in [0.2, 0.25) is 0 Å². The summed E-state index contributed by atoms with van der Waals surface area (Å²) in [4.78, 5) is 0. The summed E-state index contributed by atoms with van der Waals surface area (Å²) in [6.07, 6.45) is 4.17. The quantitative estimate of drug-likeness (QED) is 0.900. The van der Waals surface area contributed by atoms with E-state index in [1.54, 1.807) is 6.07 Å². The minimum Gasteiger partial charge on any atom is -0.324 e. The summed E-state index contributed by atoms with van der Waals surface area (Å²) >= 11 is 5.69. The van der Waals surface area contributed by atoms with E-state index in [0.29, 0.717) is 6.42 Å². The van der Waals surface area contributed by atoms with Gasteiger partial charge >= 0.3 is 0 Å². The molecule has 0 saturated heterocycles. The lowest BCUT2D eigenvalue weighted by Crippen LogP contribution is -2.13. The summed E-state index contributed by atoms with van der Waals surface area (Å²) in [5.41, 5.74) is 11.1. The minimum absolute atomic E-state index is 0.110. The van der Waals surface area contributed by atoms with Crippen LogP contribution in [-0.4, -0.2) is 0 Å². The number of benzene rings is 2. The summed E-state index contributed by atoms with van der Waals surface area (Å²) in [6.45, 7) is 0. The van der Waals surface area contributed by atoms with Gasteiger partial charge in [0, 0.05) is 6.04 Å². The second-order valence-electron chi connectivity index (χ2n) is 5.44. The van der Waals surface area contributed by atoms with Crippen molar-refractivity contribution in [1.29, 1.82) is 0 Å². The van der Waals surface area contributed by atoms with Gasteiger partial charge in [-0.3, -0.25) is 0 Å². The van der Waals surface area contributed by atoms with Gasteiger partial charge in [0.05, 0.1) is 5.02 Å². The third kappa shape index (κ3) is 2.72. The lowest BCUT2D eigenvalue weighted by molar-refractivity contribution is 0.622. The molecule has 0 aromatic heterocycles. The van der Waals surface area contributed by atoms with Crippen molar-refractivity contribution < 1.29 is 4.39 Å². The van der Waals surface area contributed by atoms with Crippen molar-refractivity contribution >= 4 is 11.6 Å². The molecule has 0 radical (unpaired) electrons. The molecule has 1 aliphatic carbocycles. The van der Waals surface area contributed by atoms with E-state index in [4.69, 9.17) is 17.3 Å². The number of fused-ring (bicyclic) bond motifs is 1. The van der Waals surface area contributed by atoms with E-state index in [1.165, 1.54) is 30.0 Å². The lowest BCUT2D eigenvalue weighted by atomic mass is 9.96. The molecule has 0 bridgehead atoms. The zero-order valence-electron chi connectivity index (χ0n) is 11.2. The summed E-state index contributed by atoms with van der Waals surface area (Å²) in [5.74, 6) is -0.384. The van der Waals surface area contributed by atoms with E-state index in [2.05, 4.69) is 18.2 Å². The van der Waals surface area contributed by atoms with Crippen LogP contribution in [0.25, 0.3) is 0 Å². The molecule has 0 fully saturated rings. The molecular weight excluding hydrogens is 273 g/mol. The molecular formula is C17H17ClFN. The molecule has 3 heteroatoms. The maximum Gasteiger partial charge on any atom is 0.142 e. The van der Waals surface area contributed by atoms with Crippen LogP contribution in [-0.2, 0) is 19.3 Å². The highest BCUT2D eigenvalue weighted by Crippen LogP contribution is 2.26. The monoisotopic (exact) mass is 289 g/mol. The minimum atomic E-state index is -0.384. The molecule has 104 valence electrons. The average Bonchev–Trinajstić information content (AvgIpc) is 2.90. The van der Waals surface area contributed by atoms with E-state index >= 15 is 0 Å². The number of hydrogen-bond donors (Lipinski definition) is 1. The Bertz CT molecular complexity index is 639. The van der Waals surface area contributed by atoms with Crippen molar-refractivity contribution in [3.05, 3.63) is 69.5 Å². The third-order valence-electron chi connectivity index (χ3n) is 3.99. The Kier molecular flexibility index (Phi) is 3.77. The topological polar surface area (TPSA) is 26.0 Å². The first-order chi connectivity index (χ1) is 9.63. The summed E-state index contributed by atoms with van der Waals surface area (Å²) in [7, 11) is 0. The number of hydrogen-bond acceptors (Lipinski definition) is 1. The first kappa shape index (κ1) is 13.6. The predicted molar refractivity (Wildman–Crippen MR) is 80.5 cm³/mol. The van der Waals surface area contributed by atoms with Crippen molar-refractivity contribution in [2.75, 3.05) is 0 Å². The lowest BCUT2D eigenvalue weighted by Gasteiger charge is -2.14. The van der Waals surface area contributed by atoms with Crippen molar-refractivity contribution in [3.8, 4) is 0 Å². The number of nitrogens with two attached hydrogens (primary N) is 1. The van der Waals surface area contributed by atoms with Crippen LogP contribution in [0.1, 0.15) is 34.7 Å². The van der Waals surface area contributed by atoms with Crippen LogP contribution in [0, 0.1) is 5.82 Å². The Morgan fingerprint density at radius 3 is 2.70 bits per heavy atom. The van der Waals surface area contributed by atoms with Gasteiger partial charge in [-0.15, -0.1) is 0 Å². The molecule has 0 aliphatic heterocycles. The Balaban J connectivity index is 1.78. The second kappa shape index (κ2) is 5.55. The highest BCUT2D eigenvalue weighted by Gasteiger charge is 2.14. The van der Waals surface area contributed by atoms with Gasteiger partial charge in [0.1, 0.15) is 5.82 Å². The van der Waals surface area contributed by atoms with Gasteiger partial charge < -0.3 is 5.73 Å². The molecule has 0 heterocycles. The first-order valence-corrected chi connectivity index (χ1v) is 7.32. The third-order valence-corrected chi connectivity index (χ3v) is 4.30. The summed E-state index contributed by atoms with van der Waals surface area (Å²) < 4.78 is 13.4. The van der Waals surface area contributed by atoms with E-state index in [9.17, 15) is 4.39 Å². The maximum absolute atomic E-state index is 13.4. The fraction of sp³-hybridized carbons (Fsp3) is 0.294. The van der Waals surface area contributed by atoms with E-state index < -0.39 is 0 Å². The van der Waals surface area contributed by atoms with Gasteiger partial charge in [-0.1, -0.05) is 35.9 Å². The van der Waals surface area contributed by atoms with Gasteiger partial charge in [-0.2, -0.15) is 0 Å². The van der Waals surface area contributed by atoms with Gasteiger partial charge in [-0.25, -0.2) is 4.39 Å². The SMILES string of the molecule is NC(Cc1ccc(Cl)c(F)c1)c1ccc2c(c1)CCC2. The fourth-order valence-electron chi connectivity index (χ4n) is 2.86. The summed E-state index contributed by atoms with van der Waals surface area (Å²) in [5, 5.41) is 0.153. The molecule has 20 heavy (non-hydrogen) atoms. The Hall–Kier alpha value is -1.38. The Morgan fingerprint density at radius 1 is 1.10 bits per heavy atom. The Morgan fingerprint density at radius 2 is 1.90 bits per heavy atom. The van der Waals surface area contributed by atoms with E-state index in [0.717, 1.165) is 17.5 Å². The summed E-state index contributed by atoms with van der Waals surface area (Å²) in [6, 6.07) is 11.3. The number of aryl methyl sites for hydroxylation is 2. The smallest absolute Gasteiger partial charge is 0.142 e. The second-order valence-corrected chi connectivity index (χ2v) is 5.85. The van der Waals surface area contributed by atoms with Crippen LogP contribution in [0.2, 0.25) is 5.02 Å². The van der Waals surface area contributed by atoms with Crippen molar-refractivity contribution in [2.45, 2.75) is 31.7 Å². The maximum atomic E-state index is 13.4. The van der Waals surface area contributed by atoms with E-state index in [-0.39, 0.29) is 16.9 Å². The standard InChI is InChI=1S/C17H17ClFN/c18-15-7-4-11(8-16(15)19)9-17(20)14-6-5-12-2-1-3-13(12)10-14/h4-8,10,17H,1-3,9,20H2. The van der Waals surface area contributed by atoms with Gasteiger partial charge in [0.25, 0.3) is 0 Å². The molecule has 2 aromatic rings. The van der Waals surface area contributed by atoms with Gasteiger partial charge in [-0.05, 0) is 60.1 Å². The van der Waals surface area contributed by atoms with Crippen molar-refractivity contribution in [2.24, 2.45) is 5.73 Å². The number of halogens is 2. The predicted octanol–water partition coefficient (Wildman–Crippen LogP) is 4.21. The van der Waals surface area contributed by atoms with Crippen LogP contribution in [0.5, 0.6) is 0 Å². The largest absolute Gasteiger partial charge is 0.324 e. The molecule has 1 aliphatic rings. The highest BCUT2D eigenvalue weighted by atomic mass is 35.5. The molecule has 1 unspecified atom stereocenters. The molecule has 2 aromatic carbocycles. The van der Waals surface area contributed by atoms with Gasteiger partial charge in [0.15, 0.2) is 0 Å². The molecule has 0 saturated carbocycles. The Labute approximate surface area is 123 Å². The molecule has 1 atom stereocenters. The van der Waals surface area contributed by atoms with Crippen LogP contribution >= 0.6 is 11.6 Å².